The molecule has 2 rings (SSSR count). The van der Waals surface area contributed by atoms with Crippen molar-refractivity contribution in [3.05, 3.63) is 35.4 Å². The lowest BCUT2D eigenvalue weighted by Gasteiger charge is -2.30. The summed E-state index contributed by atoms with van der Waals surface area (Å²) < 4.78 is 0. The van der Waals surface area contributed by atoms with Gasteiger partial charge in [0, 0.05) is 32.6 Å². The molecule has 1 heterocycles. The Morgan fingerprint density at radius 3 is 2.48 bits per heavy atom. The molecule has 4 heteroatoms. The zero-order chi connectivity index (χ0) is 18.2. The van der Waals surface area contributed by atoms with Gasteiger partial charge in [-0.15, -0.1) is 0 Å². The van der Waals surface area contributed by atoms with Crippen LogP contribution >= 0.6 is 0 Å². The van der Waals surface area contributed by atoms with E-state index in [1.54, 1.807) is 0 Å². The first-order chi connectivity index (χ1) is 11.9. The standard InChI is InChI=1S/C21H34N2O2/c1-16(2)12-17(3)13-21(25)22-14-18-6-4-5-7-19(18)15-23-10-8-20(24)9-11-23/h4-7,16-17,20,24H,8-15H2,1-3H3,(H,22,25). The fourth-order valence-electron chi connectivity index (χ4n) is 3.67. The molecule has 1 fully saturated rings. The molecule has 1 aliphatic rings. The molecule has 0 aromatic heterocycles. The minimum Gasteiger partial charge on any atom is -0.393 e. The van der Waals surface area contributed by atoms with Crippen LogP contribution in [0.5, 0.6) is 0 Å². The lowest BCUT2D eigenvalue weighted by atomic mass is 9.96. The number of amides is 1. The average molecular weight is 347 g/mol. The van der Waals surface area contributed by atoms with Crippen LogP contribution < -0.4 is 5.32 Å². The van der Waals surface area contributed by atoms with Gasteiger partial charge >= 0.3 is 0 Å². The first kappa shape index (κ1) is 19.9. The molecule has 4 nitrogen and oxygen atoms in total. The van der Waals surface area contributed by atoms with Gasteiger partial charge in [0.2, 0.25) is 5.91 Å². The van der Waals surface area contributed by atoms with Crippen LogP contribution in [0.4, 0.5) is 0 Å². The van der Waals surface area contributed by atoms with Gasteiger partial charge in [0.05, 0.1) is 6.10 Å². The number of hydrogen-bond acceptors (Lipinski definition) is 3. The van der Waals surface area contributed by atoms with E-state index in [0.29, 0.717) is 24.8 Å². The number of likely N-dealkylation sites (tertiary alicyclic amines) is 1. The van der Waals surface area contributed by atoms with E-state index in [9.17, 15) is 9.90 Å². The lowest BCUT2D eigenvalue weighted by molar-refractivity contribution is -0.122. The third-order valence-electron chi connectivity index (χ3n) is 4.95. The van der Waals surface area contributed by atoms with Crippen molar-refractivity contribution in [3.8, 4) is 0 Å². The second kappa shape index (κ2) is 9.93. The van der Waals surface area contributed by atoms with Crippen molar-refractivity contribution < 1.29 is 9.90 Å². The largest absolute Gasteiger partial charge is 0.393 e. The van der Waals surface area contributed by atoms with Crippen LogP contribution in [0.3, 0.4) is 0 Å². The minimum absolute atomic E-state index is 0.140. The van der Waals surface area contributed by atoms with Crippen LogP contribution in [0, 0.1) is 11.8 Å². The molecule has 0 bridgehead atoms. The molecule has 2 N–H and O–H groups in total. The third-order valence-corrected chi connectivity index (χ3v) is 4.95. The number of aliphatic hydroxyl groups excluding tert-OH is 1. The van der Waals surface area contributed by atoms with Gasteiger partial charge in [-0.25, -0.2) is 0 Å². The Kier molecular flexibility index (Phi) is 7.91. The molecule has 0 radical (unpaired) electrons. The molecule has 0 spiro atoms. The Labute approximate surface area is 152 Å². The summed E-state index contributed by atoms with van der Waals surface area (Å²) >= 11 is 0. The quantitative estimate of drug-likeness (QED) is 0.759. The SMILES string of the molecule is CC(C)CC(C)CC(=O)NCc1ccccc1CN1CCC(O)CC1. The molecule has 0 saturated carbocycles. The van der Waals surface area contributed by atoms with Gasteiger partial charge in [-0.05, 0) is 42.2 Å². The zero-order valence-electron chi connectivity index (χ0n) is 16.0. The van der Waals surface area contributed by atoms with E-state index in [-0.39, 0.29) is 12.0 Å². The number of carbonyl (C=O) groups excluding carboxylic acids is 1. The highest BCUT2D eigenvalue weighted by molar-refractivity contribution is 5.76. The van der Waals surface area contributed by atoms with E-state index < -0.39 is 0 Å². The Morgan fingerprint density at radius 2 is 1.84 bits per heavy atom. The fraction of sp³-hybridized carbons (Fsp3) is 0.667. The number of benzene rings is 1. The molecule has 1 aliphatic heterocycles. The van der Waals surface area contributed by atoms with E-state index in [4.69, 9.17) is 0 Å². The molecule has 1 aromatic rings. The Bertz CT molecular complexity index is 536. The summed E-state index contributed by atoms with van der Waals surface area (Å²) in [4.78, 5) is 14.6. The molecule has 1 amide bonds. The highest BCUT2D eigenvalue weighted by atomic mass is 16.3. The maximum atomic E-state index is 12.2. The Hall–Kier alpha value is -1.39. The highest BCUT2D eigenvalue weighted by Crippen LogP contribution is 2.17. The van der Waals surface area contributed by atoms with E-state index in [2.05, 4.69) is 49.2 Å². The lowest BCUT2D eigenvalue weighted by Crippen LogP contribution is -2.35. The number of aliphatic hydroxyl groups is 1. The van der Waals surface area contributed by atoms with Crippen molar-refractivity contribution in [2.45, 2.75) is 65.6 Å². The summed E-state index contributed by atoms with van der Waals surface area (Å²) in [7, 11) is 0. The van der Waals surface area contributed by atoms with Gasteiger partial charge in [0.15, 0.2) is 0 Å². The maximum absolute atomic E-state index is 12.2. The number of carbonyl (C=O) groups is 1. The predicted molar refractivity (Wildman–Crippen MR) is 102 cm³/mol. The summed E-state index contributed by atoms with van der Waals surface area (Å²) in [5.74, 6) is 1.20. The molecule has 0 aliphatic carbocycles. The van der Waals surface area contributed by atoms with E-state index in [1.165, 1.54) is 11.1 Å². The second-order valence-electron chi connectivity index (χ2n) is 7.99. The molecule has 1 unspecified atom stereocenters. The summed E-state index contributed by atoms with van der Waals surface area (Å²) in [6.45, 7) is 9.92. The Morgan fingerprint density at radius 1 is 1.20 bits per heavy atom. The molecule has 25 heavy (non-hydrogen) atoms. The van der Waals surface area contributed by atoms with Crippen molar-refractivity contribution in [2.24, 2.45) is 11.8 Å². The van der Waals surface area contributed by atoms with Crippen molar-refractivity contribution in [2.75, 3.05) is 13.1 Å². The van der Waals surface area contributed by atoms with Crippen LogP contribution in [0.2, 0.25) is 0 Å². The molecule has 1 saturated heterocycles. The minimum atomic E-state index is -0.140. The topological polar surface area (TPSA) is 52.6 Å². The number of nitrogens with one attached hydrogen (secondary N) is 1. The summed E-state index contributed by atoms with van der Waals surface area (Å²) in [5.41, 5.74) is 2.47. The summed E-state index contributed by atoms with van der Waals surface area (Å²) in [5, 5.41) is 12.7. The predicted octanol–water partition coefficient (Wildman–Crippen LogP) is 3.33. The first-order valence-electron chi connectivity index (χ1n) is 9.68. The average Bonchev–Trinajstić information content (AvgIpc) is 2.55. The monoisotopic (exact) mass is 346 g/mol. The van der Waals surface area contributed by atoms with Crippen molar-refractivity contribution >= 4 is 5.91 Å². The van der Waals surface area contributed by atoms with Crippen LogP contribution in [-0.2, 0) is 17.9 Å². The van der Waals surface area contributed by atoms with Gasteiger partial charge in [-0.1, -0.05) is 45.0 Å². The van der Waals surface area contributed by atoms with Gasteiger partial charge in [-0.3, -0.25) is 9.69 Å². The van der Waals surface area contributed by atoms with Crippen molar-refractivity contribution in [1.29, 1.82) is 0 Å². The van der Waals surface area contributed by atoms with E-state index in [1.807, 2.05) is 6.07 Å². The van der Waals surface area contributed by atoms with Crippen molar-refractivity contribution in [3.63, 3.8) is 0 Å². The smallest absolute Gasteiger partial charge is 0.220 e. The van der Waals surface area contributed by atoms with Crippen LogP contribution in [0.15, 0.2) is 24.3 Å². The van der Waals surface area contributed by atoms with Gasteiger partial charge < -0.3 is 10.4 Å². The fourth-order valence-corrected chi connectivity index (χ4v) is 3.67. The van der Waals surface area contributed by atoms with Crippen LogP contribution in [0.1, 0.15) is 57.6 Å². The zero-order valence-corrected chi connectivity index (χ0v) is 16.0. The molecular formula is C21H34N2O2. The van der Waals surface area contributed by atoms with E-state index >= 15 is 0 Å². The van der Waals surface area contributed by atoms with Gasteiger partial charge in [0.1, 0.15) is 0 Å². The van der Waals surface area contributed by atoms with Crippen molar-refractivity contribution in [1.82, 2.24) is 10.2 Å². The van der Waals surface area contributed by atoms with Gasteiger partial charge in [-0.2, -0.15) is 0 Å². The summed E-state index contributed by atoms with van der Waals surface area (Å²) in [6.07, 6.45) is 3.26. The molecule has 1 atom stereocenters. The Balaban J connectivity index is 1.84. The van der Waals surface area contributed by atoms with Gasteiger partial charge in [0.25, 0.3) is 0 Å². The molecular weight excluding hydrogens is 312 g/mol. The van der Waals surface area contributed by atoms with E-state index in [0.717, 1.165) is 38.9 Å². The number of piperidine rings is 1. The number of hydrogen-bond donors (Lipinski definition) is 2. The molecule has 1 aromatic carbocycles. The maximum Gasteiger partial charge on any atom is 0.220 e. The third kappa shape index (κ3) is 7.17. The van der Waals surface area contributed by atoms with Crippen LogP contribution in [0.25, 0.3) is 0 Å². The number of nitrogens with zero attached hydrogens (tertiary/aromatic N) is 1. The van der Waals surface area contributed by atoms with Crippen LogP contribution in [-0.4, -0.2) is 35.1 Å². The highest BCUT2D eigenvalue weighted by Gasteiger charge is 2.18. The first-order valence-corrected chi connectivity index (χ1v) is 9.68. The molecule has 140 valence electrons. The second-order valence-corrected chi connectivity index (χ2v) is 7.99. The normalized spacial score (nSPS) is 17.6. The summed E-state index contributed by atoms with van der Waals surface area (Å²) in [6, 6.07) is 8.34. The number of rotatable bonds is 8.